The van der Waals surface area contributed by atoms with Gasteiger partial charge in [0.25, 0.3) is 0 Å². The molecule has 5 heteroatoms. The molecule has 0 spiro atoms. The number of hydrogen-bond acceptors (Lipinski definition) is 3. The molecule has 0 amide bonds. The zero-order valence-corrected chi connectivity index (χ0v) is 9.86. The van der Waals surface area contributed by atoms with Gasteiger partial charge < -0.3 is 0 Å². The summed E-state index contributed by atoms with van der Waals surface area (Å²) in [5.41, 5.74) is 2.22. The van der Waals surface area contributed by atoms with Crippen LogP contribution in [0.5, 0.6) is 0 Å². The van der Waals surface area contributed by atoms with E-state index in [1.807, 2.05) is 0 Å². The SMILES string of the molecule is CC(=O)c1nnn(-c2ccc(F)c(C)c2)c1C. The van der Waals surface area contributed by atoms with E-state index >= 15 is 0 Å². The van der Waals surface area contributed by atoms with Crippen LogP contribution in [0.4, 0.5) is 4.39 Å². The van der Waals surface area contributed by atoms with Gasteiger partial charge in [-0.1, -0.05) is 5.21 Å². The van der Waals surface area contributed by atoms with Crippen LogP contribution in [-0.4, -0.2) is 20.8 Å². The van der Waals surface area contributed by atoms with Crippen molar-refractivity contribution in [3.05, 3.63) is 41.0 Å². The van der Waals surface area contributed by atoms with Gasteiger partial charge in [-0.05, 0) is 37.6 Å². The molecule has 0 bridgehead atoms. The Labute approximate surface area is 98.1 Å². The molecule has 0 saturated carbocycles. The van der Waals surface area contributed by atoms with E-state index in [0.717, 1.165) is 0 Å². The lowest BCUT2D eigenvalue weighted by molar-refractivity contribution is 0.101. The minimum atomic E-state index is -0.265. The quantitative estimate of drug-likeness (QED) is 0.747. The molecule has 0 aliphatic heterocycles. The summed E-state index contributed by atoms with van der Waals surface area (Å²) in [4.78, 5) is 11.3. The molecule has 0 fully saturated rings. The number of ketones is 1. The number of nitrogens with zero attached hydrogens (tertiary/aromatic N) is 3. The van der Waals surface area contributed by atoms with E-state index in [0.29, 0.717) is 22.6 Å². The summed E-state index contributed by atoms with van der Waals surface area (Å²) in [6, 6.07) is 4.65. The van der Waals surface area contributed by atoms with E-state index in [2.05, 4.69) is 10.3 Å². The van der Waals surface area contributed by atoms with Crippen molar-refractivity contribution in [3.63, 3.8) is 0 Å². The summed E-state index contributed by atoms with van der Waals surface area (Å²) in [6.07, 6.45) is 0. The van der Waals surface area contributed by atoms with Gasteiger partial charge in [0.05, 0.1) is 11.4 Å². The number of aryl methyl sites for hydroxylation is 1. The Balaban J connectivity index is 2.53. The highest BCUT2D eigenvalue weighted by molar-refractivity contribution is 5.93. The van der Waals surface area contributed by atoms with Gasteiger partial charge in [0, 0.05) is 6.92 Å². The predicted molar refractivity (Wildman–Crippen MR) is 60.8 cm³/mol. The molecule has 17 heavy (non-hydrogen) atoms. The molecule has 88 valence electrons. The molecule has 0 unspecified atom stereocenters. The number of benzene rings is 1. The lowest BCUT2D eigenvalue weighted by Gasteiger charge is -2.04. The van der Waals surface area contributed by atoms with Crippen LogP contribution in [0.1, 0.15) is 28.7 Å². The lowest BCUT2D eigenvalue weighted by atomic mass is 10.2. The third-order valence-electron chi connectivity index (χ3n) is 2.61. The van der Waals surface area contributed by atoms with Crippen LogP contribution in [0.25, 0.3) is 5.69 Å². The number of Topliss-reactive ketones (excluding diaryl/α,β-unsaturated/α-hetero) is 1. The van der Waals surface area contributed by atoms with Gasteiger partial charge >= 0.3 is 0 Å². The molecule has 0 atom stereocenters. The number of carbonyl (C=O) groups excluding carboxylic acids is 1. The molecule has 4 nitrogen and oxygen atoms in total. The van der Waals surface area contributed by atoms with E-state index < -0.39 is 0 Å². The van der Waals surface area contributed by atoms with Crippen molar-refractivity contribution in [2.75, 3.05) is 0 Å². The van der Waals surface area contributed by atoms with Crippen molar-refractivity contribution < 1.29 is 9.18 Å². The van der Waals surface area contributed by atoms with Gasteiger partial charge in [0.2, 0.25) is 0 Å². The molecule has 1 heterocycles. The first-order chi connectivity index (χ1) is 8.00. The Morgan fingerprint density at radius 2 is 2.06 bits per heavy atom. The molecule has 0 radical (unpaired) electrons. The normalized spacial score (nSPS) is 10.6. The summed E-state index contributed by atoms with van der Waals surface area (Å²) < 4.78 is 14.7. The molecule has 2 aromatic rings. The molecule has 1 aromatic heterocycles. The van der Waals surface area contributed by atoms with Gasteiger partial charge in [-0.2, -0.15) is 0 Å². The first kappa shape index (κ1) is 11.4. The predicted octanol–water partition coefficient (Wildman–Crippen LogP) is 2.23. The van der Waals surface area contributed by atoms with Crippen LogP contribution >= 0.6 is 0 Å². The summed E-state index contributed by atoms with van der Waals surface area (Å²) >= 11 is 0. The third-order valence-corrected chi connectivity index (χ3v) is 2.61. The zero-order chi connectivity index (χ0) is 12.6. The summed E-state index contributed by atoms with van der Waals surface area (Å²) in [5.74, 6) is -0.397. The largest absolute Gasteiger partial charge is 0.293 e. The van der Waals surface area contributed by atoms with Crippen LogP contribution in [0, 0.1) is 19.7 Å². The maximum atomic E-state index is 13.1. The molecule has 0 N–H and O–H groups in total. The highest BCUT2D eigenvalue weighted by atomic mass is 19.1. The highest BCUT2D eigenvalue weighted by Crippen LogP contribution is 2.15. The molecule has 0 aliphatic rings. The average molecular weight is 233 g/mol. The zero-order valence-electron chi connectivity index (χ0n) is 9.86. The van der Waals surface area contributed by atoms with Crippen molar-refractivity contribution >= 4 is 5.78 Å². The van der Waals surface area contributed by atoms with E-state index in [9.17, 15) is 9.18 Å². The van der Waals surface area contributed by atoms with E-state index in [1.54, 1.807) is 26.0 Å². The van der Waals surface area contributed by atoms with Crippen molar-refractivity contribution in [1.29, 1.82) is 0 Å². The highest BCUT2D eigenvalue weighted by Gasteiger charge is 2.13. The van der Waals surface area contributed by atoms with Gasteiger partial charge in [-0.15, -0.1) is 5.10 Å². The molecular formula is C12H12FN3O. The Kier molecular flexibility index (Phi) is 2.75. The molecule has 0 saturated heterocycles. The van der Waals surface area contributed by atoms with E-state index in [1.165, 1.54) is 17.7 Å². The average Bonchev–Trinajstić information content (AvgIpc) is 2.64. The number of carbonyl (C=O) groups is 1. The van der Waals surface area contributed by atoms with Gasteiger partial charge in [0.15, 0.2) is 11.5 Å². The smallest absolute Gasteiger partial charge is 0.181 e. The van der Waals surface area contributed by atoms with Crippen molar-refractivity contribution in [1.82, 2.24) is 15.0 Å². The molecule has 1 aromatic carbocycles. The minimum absolute atomic E-state index is 0.132. The van der Waals surface area contributed by atoms with Crippen LogP contribution < -0.4 is 0 Å². The maximum absolute atomic E-state index is 13.1. The molecule has 0 aliphatic carbocycles. The van der Waals surface area contributed by atoms with Crippen molar-refractivity contribution in [3.8, 4) is 5.69 Å². The number of hydrogen-bond donors (Lipinski definition) is 0. The third kappa shape index (κ3) is 1.95. The molecule has 2 rings (SSSR count). The number of halogens is 1. The first-order valence-corrected chi connectivity index (χ1v) is 5.20. The molecular weight excluding hydrogens is 221 g/mol. The number of aromatic nitrogens is 3. The monoisotopic (exact) mass is 233 g/mol. The van der Waals surface area contributed by atoms with E-state index in [-0.39, 0.29) is 11.6 Å². The standard InChI is InChI=1S/C12H12FN3O/c1-7-6-10(4-5-11(7)13)16-8(2)12(9(3)17)14-15-16/h4-6H,1-3H3. The Morgan fingerprint density at radius 1 is 1.35 bits per heavy atom. The second-order valence-electron chi connectivity index (χ2n) is 3.92. The summed E-state index contributed by atoms with van der Waals surface area (Å²) in [7, 11) is 0. The van der Waals surface area contributed by atoms with Crippen LogP contribution in [0.3, 0.4) is 0 Å². The summed E-state index contributed by atoms with van der Waals surface area (Å²) in [6.45, 7) is 4.88. The maximum Gasteiger partial charge on any atom is 0.181 e. The Bertz CT molecular complexity index is 589. The summed E-state index contributed by atoms with van der Waals surface area (Å²) in [5, 5.41) is 7.71. The van der Waals surface area contributed by atoms with Crippen molar-refractivity contribution in [2.24, 2.45) is 0 Å². The van der Waals surface area contributed by atoms with Gasteiger partial charge in [-0.3, -0.25) is 4.79 Å². The van der Waals surface area contributed by atoms with E-state index in [4.69, 9.17) is 0 Å². The fourth-order valence-corrected chi connectivity index (χ4v) is 1.66. The topological polar surface area (TPSA) is 47.8 Å². The van der Waals surface area contributed by atoms with Crippen LogP contribution in [-0.2, 0) is 0 Å². The lowest BCUT2D eigenvalue weighted by Crippen LogP contribution is -2.02. The van der Waals surface area contributed by atoms with Crippen LogP contribution in [0.2, 0.25) is 0 Å². The Hall–Kier alpha value is -2.04. The second kappa shape index (κ2) is 4.08. The fraction of sp³-hybridized carbons (Fsp3) is 0.250. The van der Waals surface area contributed by atoms with Gasteiger partial charge in [0.1, 0.15) is 5.82 Å². The second-order valence-corrected chi connectivity index (χ2v) is 3.92. The minimum Gasteiger partial charge on any atom is -0.293 e. The van der Waals surface area contributed by atoms with Crippen LogP contribution in [0.15, 0.2) is 18.2 Å². The van der Waals surface area contributed by atoms with Crippen molar-refractivity contribution in [2.45, 2.75) is 20.8 Å². The Morgan fingerprint density at radius 3 is 2.59 bits per heavy atom. The number of rotatable bonds is 2. The fourth-order valence-electron chi connectivity index (χ4n) is 1.66. The van der Waals surface area contributed by atoms with Gasteiger partial charge in [-0.25, -0.2) is 9.07 Å². The first-order valence-electron chi connectivity index (χ1n) is 5.20.